The van der Waals surface area contributed by atoms with Gasteiger partial charge in [-0.2, -0.15) is 4.31 Å². The number of amides is 1. The second-order valence-electron chi connectivity index (χ2n) is 9.20. The molecule has 1 fully saturated rings. The van der Waals surface area contributed by atoms with Gasteiger partial charge in [0.1, 0.15) is 0 Å². The number of aryl methyl sites for hydroxylation is 1. The maximum Gasteiger partial charge on any atom is 0.274 e. The van der Waals surface area contributed by atoms with Gasteiger partial charge in [0, 0.05) is 36.3 Å². The van der Waals surface area contributed by atoms with Gasteiger partial charge in [-0.3, -0.25) is 14.9 Å². The van der Waals surface area contributed by atoms with Crippen LogP contribution < -0.4 is 5.32 Å². The Balaban J connectivity index is 1.63. The summed E-state index contributed by atoms with van der Waals surface area (Å²) in [6.07, 6.45) is 0.776. The minimum absolute atomic E-state index is 0.0545. The van der Waals surface area contributed by atoms with Crippen molar-refractivity contribution in [3.05, 3.63) is 63.7 Å². The Hall–Kier alpha value is -2.78. The predicted octanol–water partition coefficient (Wildman–Crippen LogP) is 4.24. The lowest BCUT2D eigenvalue weighted by Gasteiger charge is -2.30. The molecule has 0 atom stereocenters. The first-order valence-electron chi connectivity index (χ1n) is 10.6. The van der Waals surface area contributed by atoms with Crippen LogP contribution >= 0.6 is 0 Å². The molecule has 3 rings (SSSR count). The minimum Gasteiger partial charge on any atom is -0.326 e. The third kappa shape index (κ3) is 5.16. The van der Waals surface area contributed by atoms with Crippen molar-refractivity contribution in [1.82, 2.24) is 4.31 Å². The number of nitrogens with zero attached hydrogens (tertiary/aromatic N) is 2. The Morgan fingerprint density at radius 1 is 1.09 bits per heavy atom. The van der Waals surface area contributed by atoms with Crippen molar-refractivity contribution >= 4 is 27.3 Å². The van der Waals surface area contributed by atoms with Crippen LogP contribution in [0.1, 0.15) is 44.7 Å². The molecule has 0 radical (unpaired) electrons. The molecule has 1 aliphatic rings. The molecule has 8 nitrogen and oxygen atoms in total. The number of hydrogen-bond donors (Lipinski definition) is 1. The average Bonchev–Trinajstić information content (AvgIpc) is 2.74. The summed E-state index contributed by atoms with van der Waals surface area (Å²) in [6.45, 7) is 8.34. The van der Waals surface area contributed by atoms with Gasteiger partial charge in [0.05, 0.1) is 9.82 Å². The third-order valence-electron chi connectivity index (χ3n) is 5.86. The zero-order valence-electron chi connectivity index (χ0n) is 18.8. The van der Waals surface area contributed by atoms with Crippen LogP contribution in [0.25, 0.3) is 0 Å². The van der Waals surface area contributed by atoms with Gasteiger partial charge >= 0.3 is 0 Å². The van der Waals surface area contributed by atoms with Crippen molar-refractivity contribution in [2.24, 2.45) is 5.92 Å². The van der Waals surface area contributed by atoms with Gasteiger partial charge < -0.3 is 5.32 Å². The number of nitro groups is 1. The third-order valence-corrected chi connectivity index (χ3v) is 7.77. The molecular weight excluding hydrogens is 430 g/mol. The van der Waals surface area contributed by atoms with E-state index in [2.05, 4.69) is 26.1 Å². The Bertz CT molecular complexity index is 1110. The van der Waals surface area contributed by atoms with Gasteiger partial charge in [0.15, 0.2) is 0 Å². The zero-order valence-corrected chi connectivity index (χ0v) is 19.6. The van der Waals surface area contributed by atoms with Crippen LogP contribution in [0, 0.1) is 23.0 Å². The highest BCUT2D eigenvalue weighted by molar-refractivity contribution is 7.89. The minimum atomic E-state index is -3.63. The Kier molecular flexibility index (Phi) is 6.71. The van der Waals surface area contributed by atoms with Crippen LogP contribution in [0.15, 0.2) is 47.4 Å². The summed E-state index contributed by atoms with van der Waals surface area (Å²) in [5, 5.41) is 13.8. The summed E-state index contributed by atoms with van der Waals surface area (Å²) < 4.78 is 27.4. The number of sulfonamides is 1. The number of hydrogen-bond acceptors (Lipinski definition) is 5. The normalized spacial score (nSPS) is 16.0. The number of rotatable bonds is 5. The Morgan fingerprint density at radius 3 is 2.22 bits per heavy atom. The molecule has 1 aliphatic heterocycles. The molecule has 1 N–H and O–H groups in total. The quantitative estimate of drug-likeness (QED) is 0.531. The van der Waals surface area contributed by atoms with Crippen LogP contribution in [-0.2, 0) is 20.2 Å². The highest BCUT2D eigenvalue weighted by Gasteiger charge is 2.32. The van der Waals surface area contributed by atoms with Gasteiger partial charge in [0.25, 0.3) is 5.69 Å². The predicted molar refractivity (Wildman–Crippen MR) is 123 cm³/mol. The molecule has 32 heavy (non-hydrogen) atoms. The molecule has 0 saturated carbocycles. The van der Waals surface area contributed by atoms with E-state index in [1.807, 2.05) is 12.1 Å². The van der Waals surface area contributed by atoms with E-state index in [-0.39, 0.29) is 40.9 Å². The molecule has 1 amide bonds. The molecule has 2 aromatic carbocycles. The van der Waals surface area contributed by atoms with Gasteiger partial charge in [-0.05, 0) is 48.9 Å². The number of carbonyl (C=O) groups is 1. The van der Waals surface area contributed by atoms with E-state index in [0.29, 0.717) is 24.1 Å². The molecular formula is C23H29N3O5S. The topological polar surface area (TPSA) is 110 Å². The van der Waals surface area contributed by atoms with Crippen molar-refractivity contribution < 1.29 is 18.1 Å². The van der Waals surface area contributed by atoms with E-state index in [1.54, 1.807) is 31.2 Å². The average molecular weight is 460 g/mol. The monoisotopic (exact) mass is 459 g/mol. The highest BCUT2D eigenvalue weighted by atomic mass is 32.2. The molecule has 0 spiro atoms. The molecule has 1 heterocycles. The molecule has 0 bridgehead atoms. The standard InChI is InChI=1S/C23H29N3O5S/c1-16-5-8-19(15-21(16)26(28)29)24-22(27)17-11-13-25(14-12-17)32(30,31)20-9-6-18(7-10-20)23(2,3)4/h5-10,15,17H,11-14H2,1-4H3,(H,24,27). The fourth-order valence-electron chi connectivity index (χ4n) is 3.76. The van der Waals surface area contributed by atoms with E-state index < -0.39 is 14.9 Å². The molecule has 0 aliphatic carbocycles. The Morgan fingerprint density at radius 2 is 1.69 bits per heavy atom. The summed E-state index contributed by atoms with van der Waals surface area (Å²) >= 11 is 0. The highest BCUT2D eigenvalue weighted by Crippen LogP contribution is 2.28. The largest absolute Gasteiger partial charge is 0.326 e. The summed E-state index contributed by atoms with van der Waals surface area (Å²) in [6, 6.07) is 11.5. The summed E-state index contributed by atoms with van der Waals surface area (Å²) in [7, 11) is -3.63. The number of benzene rings is 2. The second-order valence-corrected chi connectivity index (χ2v) is 11.1. The van der Waals surface area contributed by atoms with Crippen LogP contribution in [0.3, 0.4) is 0 Å². The zero-order chi connectivity index (χ0) is 23.7. The van der Waals surface area contributed by atoms with E-state index in [4.69, 9.17) is 0 Å². The first-order valence-corrected chi connectivity index (χ1v) is 12.0. The summed E-state index contributed by atoms with van der Waals surface area (Å²) in [4.78, 5) is 23.5. The number of nitrogens with one attached hydrogen (secondary N) is 1. The number of piperidine rings is 1. The second kappa shape index (κ2) is 8.99. The maximum absolute atomic E-state index is 13.0. The SMILES string of the molecule is Cc1ccc(NC(=O)C2CCN(S(=O)(=O)c3ccc(C(C)(C)C)cc3)CC2)cc1[N+](=O)[O-]. The first-order chi connectivity index (χ1) is 14.9. The number of anilines is 1. The maximum atomic E-state index is 13.0. The molecule has 172 valence electrons. The number of nitro benzene ring substituents is 1. The fraction of sp³-hybridized carbons (Fsp3) is 0.435. The molecule has 9 heteroatoms. The number of carbonyl (C=O) groups excluding carboxylic acids is 1. The molecule has 1 saturated heterocycles. The van der Waals surface area contributed by atoms with Gasteiger partial charge in [0.2, 0.25) is 15.9 Å². The van der Waals surface area contributed by atoms with Crippen LogP contribution in [-0.4, -0.2) is 36.6 Å². The van der Waals surface area contributed by atoms with Crippen LogP contribution in [0.4, 0.5) is 11.4 Å². The van der Waals surface area contributed by atoms with Gasteiger partial charge in [-0.15, -0.1) is 0 Å². The van der Waals surface area contributed by atoms with Crippen molar-refractivity contribution in [3.63, 3.8) is 0 Å². The van der Waals surface area contributed by atoms with Crippen LogP contribution in [0.5, 0.6) is 0 Å². The van der Waals surface area contributed by atoms with Crippen molar-refractivity contribution in [2.45, 2.75) is 50.8 Å². The van der Waals surface area contributed by atoms with E-state index >= 15 is 0 Å². The molecule has 0 aromatic heterocycles. The lowest BCUT2D eigenvalue weighted by Crippen LogP contribution is -2.41. The van der Waals surface area contributed by atoms with E-state index in [0.717, 1.165) is 5.56 Å². The van der Waals surface area contributed by atoms with Crippen molar-refractivity contribution in [1.29, 1.82) is 0 Å². The smallest absolute Gasteiger partial charge is 0.274 e. The lowest BCUT2D eigenvalue weighted by atomic mass is 9.87. The van der Waals surface area contributed by atoms with Crippen molar-refractivity contribution in [3.8, 4) is 0 Å². The van der Waals surface area contributed by atoms with E-state index in [1.165, 1.54) is 10.4 Å². The van der Waals surface area contributed by atoms with Crippen molar-refractivity contribution in [2.75, 3.05) is 18.4 Å². The first kappa shape index (κ1) is 23.9. The van der Waals surface area contributed by atoms with E-state index in [9.17, 15) is 23.3 Å². The summed E-state index contributed by atoms with van der Waals surface area (Å²) in [5.41, 5.74) is 1.82. The fourth-order valence-corrected chi connectivity index (χ4v) is 5.23. The Labute approximate surface area is 188 Å². The summed E-state index contributed by atoms with van der Waals surface area (Å²) in [5.74, 6) is -0.611. The molecule has 2 aromatic rings. The van der Waals surface area contributed by atoms with Gasteiger partial charge in [-0.25, -0.2) is 8.42 Å². The molecule has 0 unspecified atom stereocenters. The van der Waals surface area contributed by atoms with Gasteiger partial charge in [-0.1, -0.05) is 39.0 Å². The lowest BCUT2D eigenvalue weighted by molar-refractivity contribution is -0.385. The van der Waals surface area contributed by atoms with Crippen LogP contribution in [0.2, 0.25) is 0 Å².